The molecule has 0 aromatic carbocycles. The number of aliphatic imine (C=N–C) groups is 1. The highest BCUT2D eigenvalue weighted by Gasteiger charge is 2.21. The standard InChI is InChI=1S/C15H33N3O.HI/c1-5-9-10-11-12-17-14(16-8-4)18-13-15(19,6-2)7-3;/h19H,5-13H2,1-4H3,(H2,16,17,18);1H. The van der Waals surface area contributed by atoms with Crippen molar-refractivity contribution in [3.8, 4) is 0 Å². The van der Waals surface area contributed by atoms with E-state index >= 15 is 0 Å². The minimum atomic E-state index is -0.662. The summed E-state index contributed by atoms with van der Waals surface area (Å²) in [6.45, 7) is 10.5. The van der Waals surface area contributed by atoms with Crippen LogP contribution in [0.1, 0.15) is 66.2 Å². The molecule has 0 unspecified atom stereocenters. The number of unbranched alkanes of at least 4 members (excludes halogenated alkanes) is 3. The summed E-state index contributed by atoms with van der Waals surface area (Å²) in [4.78, 5) is 4.49. The smallest absolute Gasteiger partial charge is 0.191 e. The summed E-state index contributed by atoms with van der Waals surface area (Å²) in [7, 11) is 0. The molecule has 0 atom stereocenters. The van der Waals surface area contributed by atoms with Gasteiger partial charge in [0.15, 0.2) is 5.96 Å². The van der Waals surface area contributed by atoms with Crippen LogP contribution in [0.15, 0.2) is 4.99 Å². The summed E-state index contributed by atoms with van der Waals surface area (Å²) < 4.78 is 0. The van der Waals surface area contributed by atoms with Gasteiger partial charge in [-0.05, 0) is 26.2 Å². The second-order valence-corrected chi connectivity index (χ2v) is 5.11. The Hall–Kier alpha value is -0.0400. The maximum absolute atomic E-state index is 10.2. The molecule has 5 heteroatoms. The van der Waals surface area contributed by atoms with Crippen LogP contribution in [0, 0.1) is 0 Å². The lowest BCUT2D eigenvalue weighted by molar-refractivity contribution is 0.0418. The molecule has 0 aliphatic heterocycles. The van der Waals surface area contributed by atoms with Crippen LogP contribution >= 0.6 is 24.0 Å². The van der Waals surface area contributed by atoms with Crippen molar-refractivity contribution < 1.29 is 5.11 Å². The number of aliphatic hydroxyl groups is 1. The molecule has 0 saturated carbocycles. The number of nitrogens with zero attached hydrogens (tertiary/aromatic N) is 1. The average molecular weight is 399 g/mol. The molecule has 0 saturated heterocycles. The Morgan fingerprint density at radius 1 is 1.00 bits per heavy atom. The van der Waals surface area contributed by atoms with Crippen molar-refractivity contribution in [2.75, 3.05) is 19.6 Å². The monoisotopic (exact) mass is 399 g/mol. The molecule has 122 valence electrons. The minimum Gasteiger partial charge on any atom is -0.388 e. The summed E-state index contributed by atoms with van der Waals surface area (Å²) >= 11 is 0. The summed E-state index contributed by atoms with van der Waals surface area (Å²) in [5, 5.41) is 16.8. The van der Waals surface area contributed by atoms with Crippen molar-refractivity contribution in [2.24, 2.45) is 4.99 Å². The molecule has 0 amide bonds. The van der Waals surface area contributed by atoms with E-state index in [0.29, 0.717) is 6.54 Å². The fourth-order valence-electron chi connectivity index (χ4n) is 1.80. The SMILES string of the molecule is CCCCCCNC(=NCC(O)(CC)CC)NCC.I. The van der Waals surface area contributed by atoms with Crippen molar-refractivity contribution in [3.05, 3.63) is 0 Å². The predicted molar refractivity (Wildman–Crippen MR) is 99.1 cm³/mol. The fraction of sp³-hybridized carbons (Fsp3) is 0.933. The maximum Gasteiger partial charge on any atom is 0.191 e. The van der Waals surface area contributed by atoms with Gasteiger partial charge in [-0.25, -0.2) is 0 Å². The van der Waals surface area contributed by atoms with Gasteiger partial charge in [0.2, 0.25) is 0 Å². The third-order valence-corrected chi connectivity index (χ3v) is 3.51. The Labute approximate surface area is 142 Å². The first-order chi connectivity index (χ1) is 9.11. The van der Waals surface area contributed by atoms with Crippen molar-refractivity contribution in [1.29, 1.82) is 0 Å². The van der Waals surface area contributed by atoms with E-state index in [1.165, 1.54) is 25.7 Å². The third kappa shape index (κ3) is 10.7. The lowest BCUT2D eigenvalue weighted by atomic mass is 9.98. The van der Waals surface area contributed by atoms with Crippen molar-refractivity contribution in [1.82, 2.24) is 10.6 Å². The third-order valence-electron chi connectivity index (χ3n) is 3.51. The molecule has 20 heavy (non-hydrogen) atoms. The van der Waals surface area contributed by atoms with E-state index in [2.05, 4.69) is 29.5 Å². The predicted octanol–water partition coefficient (Wildman–Crippen LogP) is 3.29. The molecule has 0 aromatic rings. The largest absolute Gasteiger partial charge is 0.388 e. The molecule has 0 fully saturated rings. The summed E-state index contributed by atoms with van der Waals surface area (Å²) in [5.74, 6) is 0.819. The maximum atomic E-state index is 10.2. The first-order valence-corrected chi connectivity index (χ1v) is 7.86. The van der Waals surface area contributed by atoms with Crippen LogP contribution in [0.4, 0.5) is 0 Å². The minimum absolute atomic E-state index is 0. The number of hydrogen-bond acceptors (Lipinski definition) is 2. The highest BCUT2D eigenvalue weighted by atomic mass is 127. The zero-order chi connectivity index (χ0) is 14.6. The van der Waals surface area contributed by atoms with Gasteiger partial charge in [-0.15, -0.1) is 24.0 Å². The van der Waals surface area contributed by atoms with Crippen LogP contribution in [0.3, 0.4) is 0 Å². The van der Waals surface area contributed by atoms with Crippen molar-refractivity contribution in [2.45, 2.75) is 71.8 Å². The summed E-state index contributed by atoms with van der Waals surface area (Å²) in [6, 6.07) is 0. The van der Waals surface area contributed by atoms with Gasteiger partial charge in [-0.3, -0.25) is 4.99 Å². The Bertz CT molecular complexity index is 243. The van der Waals surface area contributed by atoms with Crippen molar-refractivity contribution >= 4 is 29.9 Å². The highest BCUT2D eigenvalue weighted by Crippen LogP contribution is 2.14. The first kappa shape index (κ1) is 22.2. The molecule has 0 aliphatic carbocycles. The number of halogens is 1. The van der Waals surface area contributed by atoms with E-state index in [1.54, 1.807) is 0 Å². The molecular formula is C15H34IN3O. The average Bonchev–Trinajstić information content (AvgIpc) is 2.44. The number of rotatable bonds is 10. The second-order valence-electron chi connectivity index (χ2n) is 5.11. The lowest BCUT2D eigenvalue weighted by Crippen LogP contribution is -2.40. The number of nitrogens with one attached hydrogen (secondary N) is 2. The molecule has 0 bridgehead atoms. The van der Waals surface area contributed by atoms with Gasteiger partial charge in [-0.2, -0.15) is 0 Å². The van der Waals surface area contributed by atoms with Crippen LogP contribution < -0.4 is 10.6 Å². The molecule has 3 N–H and O–H groups in total. The summed E-state index contributed by atoms with van der Waals surface area (Å²) in [5.41, 5.74) is -0.662. The highest BCUT2D eigenvalue weighted by molar-refractivity contribution is 14.0. The van der Waals surface area contributed by atoms with Gasteiger partial charge < -0.3 is 15.7 Å². The van der Waals surface area contributed by atoms with E-state index in [9.17, 15) is 5.11 Å². The fourth-order valence-corrected chi connectivity index (χ4v) is 1.80. The van der Waals surface area contributed by atoms with Gasteiger partial charge in [0.05, 0.1) is 12.1 Å². The zero-order valence-corrected chi connectivity index (χ0v) is 16.0. The van der Waals surface area contributed by atoms with Crippen LogP contribution in [0.2, 0.25) is 0 Å². The zero-order valence-electron chi connectivity index (χ0n) is 13.7. The molecule has 0 aliphatic rings. The topological polar surface area (TPSA) is 56.7 Å². The van der Waals surface area contributed by atoms with E-state index in [4.69, 9.17) is 0 Å². The molecule has 0 aromatic heterocycles. The van der Waals surface area contributed by atoms with Crippen LogP contribution in [-0.4, -0.2) is 36.3 Å². The Kier molecular flexibility index (Phi) is 15.5. The van der Waals surface area contributed by atoms with E-state index in [0.717, 1.165) is 31.9 Å². The van der Waals surface area contributed by atoms with Crippen molar-refractivity contribution in [3.63, 3.8) is 0 Å². The van der Waals surface area contributed by atoms with Crippen LogP contribution in [0.25, 0.3) is 0 Å². The molecular weight excluding hydrogens is 365 g/mol. The van der Waals surface area contributed by atoms with E-state index in [-0.39, 0.29) is 24.0 Å². The molecule has 0 rings (SSSR count). The van der Waals surface area contributed by atoms with Crippen LogP contribution in [0.5, 0.6) is 0 Å². The van der Waals surface area contributed by atoms with Gasteiger partial charge in [0.1, 0.15) is 0 Å². The molecule has 4 nitrogen and oxygen atoms in total. The van der Waals surface area contributed by atoms with E-state index < -0.39 is 5.60 Å². The lowest BCUT2D eigenvalue weighted by Gasteiger charge is -2.23. The first-order valence-electron chi connectivity index (χ1n) is 7.86. The van der Waals surface area contributed by atoms with Gasteiger partial charge >= 0.3 is 0 Å². The normalized spacial score (nSPS) is 11.9. The Morgan fingerprint density at radius 3 is 2.15 bits per heavy atom. The molecule has 0 heterocycles. The Morgan fingerprint density at radius 2 is 1.65 bits per heavy atom. The molecule has 0 radical (unpaired) electrons. The summed E-state index contributed by atoms with van der Waals surface area (Å²) in [6.07, 6.45) is 6.46. The molecule has 0 spiro atoms. The number of guanidine groups is 1. The van der Waals surface area contributed by atoms with Gasteiger partial charge in [0, 0.05) is 13.1 Å². The second kappa shape index (κ2) is 13.9. The van der Waals surface area contributed by atoms with Gasteiger partial charge in [-0.1, -0.05) is 40.0 Å². The van der Waals surface area contributed by atoms with Gasteiger partial charge in [0.25, 0.3) is 0 Å². The van der Waals surface area contributed by atoms with E-state index in [1.807, 2.05) is 13.8 Å². The van der Waals surface area contributed by atoms with Crippen LogP contribution in [-0.2, 0) is 0 Å². The quantitative estimate of drug-likeness (QED) is 0.229. The Balaban J connectivity index is 0. The number of hydrogen-bond donors (Lipinski definition) is 3.